The van der Waals surface area contributed by atoms with Crippen molar-refractivity contribution in [3.63, 3.8) is 0 Å². The maximum absolute atomic E-state index is 12.9. The van der Waals surface area contributed by atoms with Gasteiger partial charge in [0.1, 0.15) is 0 Å². The predicted octanol–water partition coefficient (Wildman–Crippen LogP) is 5.26. The number of aliphatic hydroxyl groups is 2. The van der Waals surface area contributed by atoms with Crippen molar-refractivity contribution in [2.24, 2.45) is 52.3 Å². The molecule has 0 radical (unpaired) electrons. The van der Waals surface area contributed by atoms with Gasteiger partial charge in [0.25, 0.3) is 0 Å². The smallest absolute Gasteiger partial charge is 0.222 e. The highest BCUT2D eigenvalue weighted by Gasteiger charge is 2.64. The van der Waals surface area contributed by atoms with Crippen molar-refractivity contribution < 1.29 is 15.0 Å². The average molecular weight is 460 g/mol. The number of hydrogen-bond donors (Lipinski definition) is 2. The molecule has 4 aliphatic carbocycles. The van der Waals surface area contributed by atoms with E-state index in [0.717, 1.165) is 38.8 Å². The van der Waals surface area contributed by atoms with Crippen LogP contribution >= 0.6 is 0 Å². The van der Waals surface area contributed by atoms with E-state index in [0.29, 0.717) is 53.8 Å². The van der Waals surface area contributed by atoms with Crippen molar-refractivity contribution >= 4 is 5.91 Å². The number of fused-ring (bicyclic) bond motifs is 5. The Bertz CT molecular complexity index is 734. The van der Waals surface area contributed by atoms with Crippen LogP contribution in [-0.4, -0.2) is 46.3 Å². The van der Waals surface area contributed by atoms with E-state index in [1.165, 1.54) is 38.5 Å². The normalized spacial score (nSPS) is 50.4. The van der Waals surface area contributed by atoms with Crippen LogP contribution in [0.2, 0.25) is 0 Å². The summed E-state index contributed by atoms with van der Waals surface area (Å²) in [6.07, 6.45) is 11.5. The summed E-state index contributed by atoms with van der Waals surface area (Å²) in [6, 6.07) is 0. The van der Waals surface area contributed by atoms with Crippen molar-refractivity contribution in [2.75, 3.05) is 13.1 Å². The number of rotatable bonds is 4. The van der Waals surface area contributed by atoms with Crippen LogP contribution in [0.3, 0.4) is 0 Å². The molecule has 1 saturated heterocycles. The van der Waals surface area contributed by atoms with Crippen molar-refractivity contribution in [3.05, 3.63) is 0 Å². The molecule has 188 valence electrons. The molecule has 4 heteroatoms. The van der Waals surface area contributed by atoms with Gasteiger partial charge in [0, 0.05) is 19.5 Å². The van der Waals surface area contributed by atoms with Crippen molar-refractivity contribution in [1.29, 1.82) is 0 Å². The van der Waals surface area contributed by atoms with Crippen LogP contribution in [0.25, 0.3) is 0 Å². The molecule has 1 heterocycles. The molecule has 11 atom stereocenters. The molecule has 0 aromatic carbocycles. The fourth-order valence-corrected chi connectivity index (χ4v) is 10.4. The summed E-state index contributed by atoms with van der Waals surface area (Å²) in [6.45, 7) is 11.5. The summed E-state index contributed by atoms with van der Waals surface area (Å²) in [4.78, 5) is 15.0. The Morgan fingerprint density at radius 3 is 2.33 bits per heavy atom. The lowest BCUT2D eigenvalue weighted by Gasteiger charge is -2.64. The van der Waals surface area contributed by atoms with Crippen molar-refractivity contribution in [1.82, 2.24) is 4.90 Å². The highest BCUT2D eigenvalue weighted by Crippen LogP contribution is 2.69. The van der Waals surface area contributed by atoms with E-state index < -0.39 is 0 Å². The molecule has 2 N–H and O–H groups in total. The van der Waals surface area contributed by atoms with Gasteiger partial charge in [-0.25, -0.2) is 0 Å². The minimum absolute atomic E-state index is 0.181. The Kier molecular flexibility index (Phi) is 6.43. The van der Waals surface area contributed by atoms with Gasteiger partial charge in [-0.3, -0.25) is 4.79 Å². The Balaban J connectivity index is 1.37. The quantitative estimate of drug-likeness (QED) is 0.603. The second kappa shape index (κ2) is 8.80. The Morgan fingerprint density at radius 1 is 0.970 bits per heavy atom. The van der Waals surface area contributed by atoms with Gasteiger partial charge in [-0.1, -0.05) is 34.1 Å². The summed E-state index contributed by atoms with van der Waals surface area (Å²) in [7, 11) is 0. The third-order valence-corrected chi connectivity index (χ3v) is 12.1. The van der Waals surface area contributed by atoms with E-state index in [1.54, 1.807) is 0 Å². The first kappa shape index (κ1) is 24.1. The molecule has 5 fully saturated rings. The highest BCUT2D eigenvalue weighted by atomic mass is 16.3. The van der Waals surface area contributed by atoms with E-state index in [2.05, 4.69) is 32.6 Å². The largest absolute Gasteiger partial charge is 0.393 e. The second-order valence-electron chi connectivity index (χ2n) is 13.4. The number of likely N-dealkylation sites (tertiary alicyclic amines) is 1. The number of amides is 1. The van der Waals surface area contributed by atoms with Gasteiger partial charge in [-0.05, 0) is 110 Å². The molecule has 4 nitrogen and oxygen atoms in total. The van der Waals surface area contributed by atoms with Gasteiger partial charge in [0.2, 0.25) is 5.91 Å². The molecule has 4 saturated carbocycles. The Labute approximate surface area is 201 Å². The number of hydrogen-bond acceptors (Lipinski definition) is 3. The standard InChI is InChI=1S/C29H49NO3/c1-5-20-24-17-19(31)10-12-29(24,4)23-11-13-28(3)21(8-9-22(28)26(23)27(20)33)18(2)16-25(32)30-14-6-7-15-30/h18-24,26-27,31,33H,5-17H2,1-4H3/t18-,19-,20-,21-,22+,23+,24+,26+,27-,28-,29-/m1/s1. The first-order chi connectivity index (χ1) is 15.7. The fraction of sp³-hybridized carbons (Fsp3) is 0.966. The van der Waals surface area contributed by atoms with Gasteiger partial charge < -0.3 is 15.1 Å². The Morgan fingerprint density at radius 2 is 1.64 bits per heavy atom. The molecule has 5 aliphatic rings. The lowest BCUT2D eigenvalue weighted by molar-refractivity contribution is -0.203. The SMILES string of the molecule is CC[C@H]1[C@@H](O)[C@@H]2[C@H](CC[C@]3(C)[C@@H]([C@H](C)CC(=O)N4CCCC4)CC[C@@H]23)[C@@]2(C)CC[C@@H](O)C[C@@H]12. The van der Waals surface area contributed by atoms with Gasteiger partial charge in [0.15, 0.2) is 0 Å². The number of aliphatic hydroxyl groups excluding tert-OH is 2. The molecule has 0 unspecified atom stereocenters. The molecule has 1 amide bonds. The third kappa shape index (κ3) is 3.72. The van der Waals surface area contributed by atoms with E-state index in [4.69, 9.17) is 0 Å². The molecule has 0 aromatic rings. The minimum Gasteiger partial charge on any atom is -0.393 e. The molecule has 33 heavy (non-hydrogen) atoms. The van der Waals surface area contributed by atoms with Gasteiger partial charge in [-0.15, -0.1) is 0 Å². The summed E-state index contributed by atoms with van der Waals surface area (Å²) >= 11 is 0. The number of carbonyl (C=O) groups is 1. The summed E-state index contributed by atoms with van der Waals surface area (Å²) in [5.41, 5.74) is 0.517. The average Bonchev–Trinajstić information content (AvgIpc) is 3.43. The number of carbonyl (C=O) groups excluding carboxylic acids is 1. The van der Waals surface area contributed by atoms with Crippen LogP contribution in [0, 0.1) is 52.3 Å². The van der Waals surface area contributed by atoms with Gasteiger partial charge in [-0.2, -0.15) is 0 Å². The molecule has 5 rings (SSSR count). The molecule has 0 bridgehead atoms. The third-order valence-electron chi connectivity index (χ3n) is 12.1. The summed E-state index contributed by atoms with van der Waals surface area (Å²) in [5.74, 6) is 3.76. The van der Waals surface area contributed by atoms with E-state index in [-0.39, 0.29) is 23.0 Å². The van der Waals surface area contributed by atoms with Crippen LogP contribution in [0.15, 0.2) is 0 Å². The van der Waals surface area contributed by atoms with Gasteiger partial charge in [0.05, 0.1) is 12.2 Å². The molecule has 0 aromatic heterocycles. The first-order valence-corrected chi connectivity index (χ1v) is 14.3. The van der Waals surface area contributed by atoms with Crippen LogP contribution in [0.1, 0.15) is 98.3 Å². The summed E-state index contributed by atoms with van der Waals surface area (Å²) < 4.78 is 0. The van der Waals surface area contributed by atoms with Crippen LogP contribution in [0.4, 0.5) is 0 Å². The maximum atomic E-state index is 12.9. The maximum Gasteiger partial charge on any atom is 0.222 e. The predicted molar refractivity (Wildman–Crippen MR) is 131 cm³/mol. The van der Waals surface area contributed by atoms with Crippen molar-refractivity contribution in [2.45, 2.75) is 111 Å². The van der Waals surface area contributed by atoms with Crippen LogP contribution in [0.5, 0.6) is 0 Å². The second-order valence-corrected chi connectivity index (χ2v) is 13.4. The lowest BCUT2D eigenvalue weighted by atomic mass is 9.41. The lowest BCUT2D eigenvalue weighted by Crippen LogP contribution is -2.62. The summed E-state index contributed by atoms with van der Waals surface area (Å²) in [5, 5.41) is 22.3. The zero-order valence-corrected chi connectivity index (χ0v) is 21.6. The zero-order chi connectivity index (χ0) is 23.5. The Hall–Kier alpha value is -0.610. The monoisotopic (exact) mass is 459 g/mol. The molecular weight excluding hydrogens is 410 g/mol. The van der Waals surface area contributed by atoms with Gasteiger partial charge >= 0.3 is 0 Å². The fourth-order valence-electron chi connectivity index (χ4n) is 10.4. The van der Waals surface area contributed by atoms with E-state index in [1.807, 2.05) is 0 Å². The topological polar surface area (TPSA) is 60.8 Å². The van der Waals surface area contributed by atoms with Crippen LogP contribution < -0.4 is 0 Å². The highest BCUT2D eigenvalue weighted by molar-refractivity contribution is 5.76. The molecule has 1 aliphatic heterocycles. The first-order valence-electron chi connectivity index (χ1n) is 14.3. The van der Waals surface area contributed by atoms with Crippen LogP contribution in [-0.2, 0) is 4.79 Å². The zero-order valence-electron chi connectivity index (χ0n) is 21.6. The molecular formula is C29H49NO3. The van der Waals surface area contributed by atoms with Crippen molar-refractivity contribution in [3.8, 4) is 0 Å². The molecule has 0 spiro atoms. The van der Waals surface area contributed by atoms with E-state index >= 15 is 0 Å². The number of nitrogens with zero attached hydrogens (tertiary/aromatic N) is 1. The minimum atomic E-state index is -0.228. The van der Waals surface area contributed by atoms with E-state index in [9.17, 15) is 15.0 Å².